The topological polar surface area (TPSA) is 61.4 Å². The molecule has 0 aromatic heterocycles. The van der Waals surface area contributed by atoms with Crippen molar-refractivity contribution < 1.29 is 9.90 Å². The van der Waals surface area contributed by atoms with Gasteiger partial charge in [-0.15, -0.1) is 24.8 Å². The molecule has 0 saturated heterocycles. The normalized spacial score (nSPS) is 24.3. The minimum absolute atomic E-state index is 0. The smallest absolute Gasteiger partial charge is 0.335 e. The summed E-state index contributed by atoms with van der Waals surface area (Å²) in [6.07, 6.45) is 9.63. The highest BCUT2D eigenvalue weighted by atomic mass is 35.5. The van der Waals surface area contributed by atoms with Crippen LogP contribution in [0.2, 0.25) is 0 Å². The summed E-state index contributed by atoms with van der Waals surface area (Å²) in [5.74, 6) is -0.167. The van der Waals surface area contributed by atoms with Crippen molar-refractivity contribution >= 4 is 36.9 Å². The molecule has 4 nitrogen and oxygen atoms in total. The average Bonchev–Trinajstić information content (AvgIpc) is 3.56. The molecular weight excluding hydrogens is 455 g/mol. The Labute approximate surface area is 210 Å². The molecule has 2 atom stereocenters. The van der Waals surface area contributed by atoms with Gasteiger partial charge in [0.15, 0.2) is 0 Å². The Hall–Kier alpha value is -1.85. The van der Waals surface area contributed by atoms with Gasteiger partial charge in [-0.3, -0.25) is 0 Å². The fraction of sp³-hybridized carbons (Fsp3) is 0.444. The number of benzene rings is 2. The molecule has 4 rings (SSSR count). The fourth-order valence-electron chi connectivity index (χ4n) is 4.82. The Balaban J connectivity index is 0.00000193. The van der Waals surface area contributed by atoms with Crippen LogP contribution in [-0.4, -0.2) is 29.2 Å². The first-order chi connectivity index (χ1) is 15.1. The van der Waals surface area contributed by atoms with Crippen molar-refractivity contribution in [2.45, 2.75) is 70.1 Å². The van der Waals surface area contributed by atoms with Crippen molar-refractivity contribution in [1.82, 2.24) is 10.6 Å². The van der Waals surface area contributed by atoms with Gasteiger partial charge in [0.2, 0.25) is 0 Å². The third-order valence-electron chi connectivity index (χ3n) is 6.80. The van der Waals surface area contributed by atoms with Crippen LogP contribution in [0.3, 0.4) is 0 Å². The van der Waals surface area contributed by atoms with E-state index in [1.165, 1.54) is 37.7 Å². The van der Waals surface area contributed by atoms with E-state index in [1.807, 2.05) is 12.1 Å². The van der Waals surface area contributed by atoms with E-state index in [-0.39, 0.29) is 24.8 Å². The van der Waals surface area contributed by atoms with Gasteiger partial charge in [-0.05, 0) is 67.7 Å². The number of hydrogen-bond donors (Lipinski definition) is 3. The van der Waals surface area contributed by atoms with Gasteiger partial charge in [-0.25, -0.2) is 4.79 Å². The number of carbonyl (C=O) groups is 1. The molecule has 2 aromatic rings. The van der Waals surface area contributed by atoms with Crippen LogP contribution >= 0.6 is 24.8 Å². The van der Waals surface area contributed by atoms with Gasteiger partial charge in [-0.2, -0.15) is 0 Å². The largest absolute Gasteiger partial charge is 0.478 e. The SMILES string of the molecule is CC/C(=C\c1ccccc1)[C@@H]1C[C@H]1NC1CCC(NCc2ccc(C(=O)O)cc2)CC1.Cl.Cl. The van der Waals surface area contributed by atoms with Crippen LogP contribution in [0.25, 0.3) is 6.08 Å². The molecule has 0 radical (unpaired) electrons. The van der Waals surface area contributed by atoms with Gasteiger partial charge in [0.05, 0.1) is 5.56 Å². The van der Waals surface area contributed by atoms with Gasteiger partial charge in [0, 0.05) is 24.7 Å². The van der Waals surface area contributed by atoms with Crippen molar-refractivity contribution in [3.8, 4) is 0 Å². The minimum Gasteiger partial charge on any atom is -0.478 e. The third-order valence-corrected chi connectivity index (χ3v) is 6.80. The van der Waals surface area contributed by atoms with E-state index in [2.05, 4.69) is 54.0 Å². The molecular formula is C27H36Cl2N2O2. The van der Waals surface area contributed by atoms with Crippen LogP contribution in [0.1, 0.15) is 66.9 Å². The number of aromatic carboxylic acids is 1. The van der Waals surface area contributed by atoms with E-state index in [0.717, 1.165) is 18.5 Å². The maximum Gasteiger partial charge on any atom is 0.335 e. The Morgan fingerprint density at radius 3 is 2.21 bits per heavy atom. The van der Waals surface area contributed by atoms with Crippen molar-refractivity contribution in [2.75, 3.05) is 0 Å². The second-order valence-corrected chi connectivity index (χ2v) is 9.03. The first-order valence-electron chi connectivity index (χ1n) is 11.7. The molecule has 3 N–H and O–H groups in total. The fourth-order valence-corrected chi connectivity index (χ4v) is 4.82. The molecule has 180 valence electrons. The Kier molecular flexibility index (Phi) is 10.9. The zero-order chi connectivity index (χ0) is 21.6. The summed E-state index contributed by atoms with van der Waals surface area (Å²) < 4.78 is 0. The summed E-state index contributed by atoms with van der Waals surface area (Å²) in [6.45, 7) is 3.08. The maximum absolute atomic E-state index is 11.0. The summed E-state index contributed by atoms with van der Waals surface area (Å²) in [4.78, 5) is 11.0. The lowest BCUT2D eigenvalue weighted by atomic mass is 9.91. The number of carboxylic acid groups (broad SMARTS) is 1. The summed E-state index contributed by atoms with van der Waals surface area (Å²) in [6, 6.07) is 19.7. The van der Waals surface area contributed by atoms with Crippen LogP contribution in [0.15, 0.2) is 60.2 Å². The van der Waals surface area contributed by atoms with Crippen LogP contribution < -0.4 is 10.6 Å². The molecule has 2 fully saturated rings. The molecule has 0 aliphatic heterocycles. The lowest BCUT2D eigenvalue weighted by molar-refractivity contribution is 0.0697. The molecule has 2 aromatic carbocycles. The molecule has 33 heavy (non-hydrogen) atoms. The third kappa shape index (κ3) is 7.86. The number of nitrogens with one attached hydrogen (secondary N) is 2. The molecule has 2 aliphatic carbocycles. The molecule has 0 amide bonds. The van der Waals surface area contributed by atoms with Crippen LogP contribution in [0.4, 0.5) is 0 Å². The molecule has 0 spiro atoms. The van der Waals surface area contributed by atoms with E-state index >= 15 is 0 Å². The highest BCUT2D eigenvalue weighted by Gasteiger charge is 2.40. The highest BCUT2D eigenvalue weighted by molar-refractivity contribution is 5.87. The monoisotopic (exact) mass is 490 g/mol. The van der Waals surface area contributed by atoms with E-state index in [0.29, 0.717) is 29.6 Å². The minimum atomic E-state index is -0.871. The van der Waals surface area contributed by atoms with Gasteiger partial charge in [-0.1, -0.05) is 61.0 Å². The Morgan fingerprint density at radius 2 is 1.61 bits per heavy atom. The van der Waals surface area contributed by atoms with Crippen LogP contribution in [0.5, 0.6) is 0 Å². The second kappa shape index (κ2) is 13.1. The van der Waals surface area contributed by atoms with E-state index < -0.39 is 5.97 Å². The van der Waals surface area contributed by atoms with Crippen molar-refractivity contribution in [3.05, 3.63) is 76.9 Å². The Morgan fingerprint density at radius 1 is 0.970 bits per heavy atom. The Bertz CT molecular complexity index is 894. The standard InChI is InChI=1S/C27H34N2O2.2ClH/c1-2-21(16-19-6-4-3-5-7-19)25-17-26(25)29-24-14-12-23(13-15-24)28-18-20-8-10-22(11-9-20)27(30)31;;/h3-11,16,23-26,28-29H,2,12-15,17-18H2,1H3,(H,30,31);2*1H/b21-16+;;/t23?,24?,25-,26+;;/m0../s1. The molecule has 0 unspecified atom stereocenters. The maximum atomic E-state index is 11.0. The average molecular weight is 492 g/mol. The van der Waals surface area contributed by atoms with Crippen molar-refractivity contribution in [3.63, 3.8) is 0 Å². The quantitative estimate of drug-likeness (QED) is 0.397. The predicted molar refractivity (Wildman–Crippen MR) is 141 cm³/mol. The lowest BCUT2D eigenvalue weighted by Gasteiger charge is -2.30. The molecule has 0 bridgehead atoms. The predicted octanol–water partition coefficient (Wildman–Crippen LogP) is 6.10. The van der Waals surface area contributed by atoms with Crippen LogP contribution in [0, 0.1) is 5.92 Å². The first-order valence-corrected chi connectivity index (χ1v) is 11.7. The second-order valence-electron chi connectivity index (χ2n) is 9.03. The summed E-state index contributed by atoms with van der Waals surface area (Å²) in [5.41, 5.74) is 4.38. The number of rotatable bonds is 9. The van der Waals surface area contributed by atoms with E-state index in [9.17, 15) is 4.79 Å². The van der Waals surface area contributed by atoms with E-state index in [1.54, 1.807) is 17.7 Å². The van der Waals surface area contributed by atoms with Crippen molar-refractivity contribution in [2.24, 2.45) is 5.92 Å². The van der Waals surface area contributed by atoms with Gasteiger partial charge >= 0.3 is 5.97 Å². The summed E-state index contributed by atoms with van der Waals surface area (Å²) in [7, 11) is 0. The molecule has 2 saturated carbocycles. The van der Waals surface area contributed by atoms with E-state index in [4.69, 9.17) is 5.11 Å². The first kappa shape index (κ1) is 27.4. The molecule has 0 heterocycles. The van der Waals surface area contributed by atoms with Gasteiger partial charge in [0.25, 0.3) is 0 Å². The van der Waals surface area contributed by atoms with Gasteiger partial charge in [0.1, 0.15) is 0 Å². The molecule has 6 heteroatoms. The molecule has 2 aliphatic rings. The summed E-state index contributed by atoms with van der Waals surface area (Å²) in [5, 5.41) is 16.6. The number of hydrogen-bond acceptors (Lipinski definition) is 3. The lowest BCUT2D eigenvalue weighted by Crippen LogP contribution is -2.40. The zero-order valence-electron chi connectivity index (χ0n) is 19.2. The zero-order valence-corrected chi connectivity index (χ0v) is 20.8. The van der Waals surface area contributed by atoms with Crippen molar-refractivity contribution in [1.29, 1.82) is 0 Å². The van der Waals surface area contributed by atoms with Crippen LogP contribution in [-0.2, 0) is 6.54 Å². The number of halogens is 2. The summed E-state index contributed by atoms with van der Waals surface area (Å²) >= 11 is 0. The highest BCUT2D eigenvalue weighted by Crippen LogP contribution is 2.40. The number of carboxylic acids is 1. The van der Waals surface area contributed by atoms with Gasteiger partial charge < -0.3 is 15.7 Å².